The van der Waals surface area contributed by atoms with E-state index in [4.69, 9.17) is 4.74 Å². The smallest absolute Gasteiger partial charge is 0.267 e. The summed E-state index contributed by atoms with van der Waals surface area (Å²) in [5.74, 6) is 0.694. The SMILES string of the molecule is CCC(=O)c1ccc2c(c1)N(CCCN(C)C)C(=O)C(C)O2. The minimum absolute atomic E-state index is 0.0487. The third kappa shape index (κ3) is 3.47. The number of nitrogens with zero attached hydrogens (tertiary/aromatic N) is 2. The second kappa shape index (κ2) is 6.92. The second-order valence-corrected chi connectivity index (χ2v) is 5.87. The highest BCUT2D eigenvalue weighted by Gasteiger charge is 2.31. The average Bonchev–Trinajstić information content (AvgIpc) is 2.49. The molecule has 0 aromatic heterocycles. The lowest BCUT2D eigenvalue weighted by molar-refractivity contribution is -0.125. The molecule has 0 fully saturated rings. The van der Waals surface area contributed by atoms with Gasteiger partial charge in [-0.3, -0.25) is 9.59 Å². The lowest BCUT2D eigenvalue weighted by Gasteiger charge is -2.33. The number of Topliss-reactive ketones (excluding diaryl/α,β-unsaturated/α-hetero) is 1. The van der Waals surface area contributed by atoms with Crippen molar-refractivity contribution in [1.29, 1.82) is 0 Å². The molecule has 22 heavy (non-hydrogen) atoms. The van der Waals surface area contributed by atoms with E-state index in [1.165, 1.54) is 0 Å². The molecule has 5 heteroatoms. The molecule has 120 valence electrons. The Bertz CT molecular complexity index is 569. The Balaban J connectivity index is 2.29. The van der Waals surface area contributed by atoms with Crippen LogP contribution in [0.2, 0.25) is 0 Å². The van der Waals surface area contributed by atoms with Crippen molar-refractivity contribution in [2.45, 2.75) is 32.8 Å². The van der Waals surface area contributed by atoms with E-state index >= 15 is 0 Å². The number of carbonyl (C=O) groups excluding carboxylic acids is 2. The minimum Gasteiger partial charge on any atom is -0.479 e. The molecule has 1 unspecified atom stereocenters. The molecule has 1 atom stereocenters. The molecular formula is C17H24N2O3. The fourth-order valence-electron chi connectivity index (χ4n) is 2.56. The van der Waals surface area contributed by atoms with Crippen molar-refractivity contribution in [2.75, 3.05) is 32.1 Å². The van der Waals surface area contributed by atoms with Crippen LogP contribution in [0.15, 0.2) is 18.2 Å². The van der Waals surface area contributed by atoms with Crippen molar-refractivity contribution < 1.29 is 14.3 Å². The summed E-state index contributed by atoms with van der Waals surface area (Å²) in [5.41, 5.74) is 1.34. The van der Waals surface area contributed by atoms with Gasteiger partial charge in [0.15, 0.2) is 11.9 Å². The van der Waals surface area contributed by atoms with Crippen molar-refractivity contribution in [3.8, 4) is 5.75 Å². The van der Waals surface area contributed by atoms with Gasteiger partial charge < -0.3 is 14.5 Å². The molecule has 0 aliphatic carbocycles. The molecule has 0 bridgehead atoms. The molecule has 1 heterocycles. The first kappa shape index (κ1) is 16.5. The number of carbonyl (C=O) groups is 2. The predicted octanol–water partition coefficient (Wildman–Crippen LogP) is 2.34. The van der Waals surface area contributed by atoms with Gasteiger partial charge in [0, 0.05) is 18.5 Å². The standard InChI is InChI=1S/C17H24N2O3/c1-5-15(20)13-7-8-16-14(11-13)19(10-6-9-18(3)4)17(21)12(2)22-16/h7-8,11-12H,5-6,9-10H2,1-4H3. The van der Waals surface area contributed by atoms with Gasteiger partial charge >= 0.3 is 0 Å². The number of ether oxygens (including phenoxy) is 1. The molecule has 0 radical (unpaired) electrons. The number of amides is 1. The quantitative estimate of drug-likeness (QED) is 0.757. The van der Waals surface area contributed by atoms with Gasteiger partial charge in [0.1, 0.15) is 5.75 Å². The maximum atomic E-state index is 12.4. The van der Waals surface area contributed by atoms with Crippen LogP contribution in [0, 0.1) is 0 Å². The Hall–Kier alpha value is -1.88. The van der Waals surface area contributed by atoms with Crippen molar-refractivity contribution in [3.05, 3.63) is 23.8 Å². The summed E-state index contributed by atoms with van der Waals surface area (Å²) in [6.45, 7) is 5.12. The summed E-state index contributed by atoms with van der Waals surface area (Å²) in [6.07, 6.45) is 0.834. The highest BCUT2D eigenvalue weighted by molar-refractivity contribution is 6.02. The Labute approximate surface area is 131 Å². The zero-order valence-corrected chi connectivity index (χ0v) is 13.8. The number of hydrogen-bond acceptors (Lipinski definition) is 4. The van der Waals surface area contributed by atoms with Crippen LogP contribution in [0.1, 0.15) is 37.0 Å². The molecule has 1 aromatic carbocycles. The molecule has 5 nitrogen and oxygen atoms in total. The minimum atomic E-state index is -0.486. The maximum Gasteiger partial charge on any atom is 0.267 e. The molecule has 0 N–H and O–H groups in total. The Kier molecular flexibility index (Phi) is 5.19. The third-order valence-electron chi connectivity index (χ3n) is 3.80. The number of anilines is 1. The summed E-state index contributed by atoms with van der Waals surface area (Å²) in [5, 5.41) is 0. The van der Waals surface area contributed by atoms with E-state index in [2.05, 4.69) is 4.90 Å². The summed E-state index contributed by atoms with van der Waals surface area (Å²) in [4.78, 5) is 28.2. The zero-order chi connectivity index (χ0) is 16.3. The van der Waals surface area contributed by atoms with Gasteiger partial charge in [0.25, 0.3) is 5.91 Å². The summed E-state index contributed by atoms with van der Waals surface area (Å²) in [6, 6.07) is 5.34. The summed E-state index contributed by atoms with van der Waals surface area (Å²) < 4.78 is 5.66. The highest BCUT2D eigenvalue weighted by atomic mass is 16.5. The van der Waals surface area contributed by atoms with E-state index in [9.17, 15) is 9.59 Å². The summed E-state index contributed by atoms with van der Waals surface area (Å²) in [7, 11) is 4.02. The van der Waals surface area contributed by atoms with E-state index in [-0.39, 0.29) is 11.7 Å². The molecule has 0 saturated heterocycles. The fourth-order valence-corrected chi connectivity index (χ4v) is 2.56. The van der Waals surface area contributed by atoms with Crippen LogP contribution in [-0.4, -0.2) is 49.9 Å². The molecule has 1 aromatic rings. The molecule has 2 rings (SSSR count). The Morgan fingerprint density at radius 3 is 2.73 bits per heavy atom. The average molecular weight is 304 g/mol. The van der Waals surface area contributed by atoms with Gasteiger partial charge in [0.2, 0.25) is 0 Å². The van der Waals surface area contributed by atoms with Gasteiger partial charge in [-0.15, -0.1) is 0 Å². The Morgan fingerprint density at radius 1 is 1.36 bits per heavy atom. The number of hydrogen-bond donors (Lipinski definition) is 0. The van der Waals surface area contributed by atoms with E-state index in [0.29, 0.717) is 30.0 Å². The predicted molar refractivity (Wildman–Crippen MR) is 86.7 cm³/mol. The third-order valence-corrected chi connectivity index (χ3v) is 3.80. The first-order chi connectivity index (χ1) is 10.4. The van der Waals surface area contributed by atoms with Crippen LogP contribution in [-0.2, 0) is 4.79 Å². The number of ketones is 1. The van der Waals surface area contributed by atoms with Crippen LogP contribution in [0.5, 0.6) is 5.75 Å². The van der Waals surface area contributed by atoms with E-state index < -0.39 is 6.10 Å². The molecule has 1 aliphatic rings. The molecule has 0 spiro atoms. The Morgan fingerprint density at radius 2 is 2.09 bits per heavy atom. The maximum absolute atomic E-state index is 12.4. The van der Waals surface area contributed by atoms with Gasteiger partial charge in [-0.1, -0.05) is 6.92 Å². The zero-order valence-electron chi connectivity index (χ0n) is 13.8. The highest BCUT2D eigenvalue weighted by Crippen LogP contribution is 2.35. The van der Waals surface area contributed by atoms with Crippen molar-refractivity contribution >= 4 is 17.4 Å². The first-order valence-electron chi connectivity index (χ1n) is 7.74. The molecule has 1 aliphatic heterocycles. The van der Waals surface area contributed by atoms with Gasteiger partial charge in [-0.05, 0) is 52.2 Å². The number of benzene rings is 1. The second-order valence-electron chi connectivity index (χ2n) is 5.87. The van der Waals surface area contributed by atoms with Crippen LogP contribution in [0.4, 0.5) is 5.69 Å². The molecule has 0 saturated carbocycles. The van der Waals surface area contributed by atoms with E-state index in [1.54, 1.807) is 30.0 Å². The van der Waals surface area contributed by atoms with E-state index in [0.717, 1.165) is 13.0 Å². The first-order valence-corrected chi connectivity index (χ1v) is 7.74. The molecule has 1 amide bonds. The van der Waals surface area contributed by atoms with Crippen LogP contribution < -0.4 is 9.64 Å². The topological polar surface area (TPSA) is 49.9 Å². The lowest BCUT2D eigenvalue weighted by Crippen LogP contribution is -2.45. The van der Waals surface area contributed by atoms with Gasteiger partial charge in [-0.2, -0.15) is 0 Å². The fraction of sp³-hybridized carbons (Fsp3) is 0.529. The van der Waals surface area contributed by atoms with Crippen LogP contribution >= 0.6 is 0 Å². The van der Waals surface area contributed by atoms with Crippen LogP contribution in [0.25, 0.3) is 0 Å². The largest absolute Gasteiger partial charge is 0.479 e. The monoisotopic (exact) mass is 304 g/mol. The van der Waals surface area contributed by atoms with Gasteiger partial charge in [0.05, 0.1) is 5.69 Å². The van der Waals surface area contributed by atoms with Crippen molar-refractivity contribution in [2.24, 2.45) is 0 Å². The van der Waals surface area contributed by atoms with Crippen molar-refractivity contribution in [1.82, 2.24) is 4.90 Å². The van der Waals surface area contributed by atoms with Gasteiger partial charge in [-0.25, -0.2) is 0 Å². The normalized spacial score (nSPS) is 17.4. The lowest BCUT2D eigenvalue weighted by atomic mass is 10.1. The molecular weight excluding hydrogens is 280 g/mol. The number of rotatable bonds is 6. The van der Waals surface area contributed by atoms with Crippen molar-refractivity contribution in [3.63, 3.8) is 0 Å². The number of fused-ring (bicyclic) bond motifs is 1. The van der Waals surface area contributed by atoms with Crippen LogP contribution in [0.3, 0.4) is 0 Å². The summed E-state index contributed by atoms with van der Waals surface area (Å²) >= 11 is 0. The van der Waals surface area contributed by atoms with E-state index in [1.807, 2.05) is 21.0 Å².